The minimum absolute atomic E-state index is 0.0648. The molecule has 0 saturated carbocycles. The molecule has 0 unspecified atom stereocenters. The number of nitrogens with one attached hydrogen (secondary N) is 2. The van der Waals surface area contributed by atoms with Crippen LogP contribution in [0.25, 0.3) is 0 Å². The van der Waals surface area contributed by atoms with E-state index in [1.54, 1.807) is 11.8 Å². The summed E-state index contributed by atoms with van der Waals surface area (Å²) in [7, 11) is 0. The smallest absolute Gasteiger partial charge is 0.315 e. The lowest BCUT2D eigenvalue weighted by atomic mass is 9.99. The number of ether oxygens (including phenoxy) is 1. The van der Waals surface area contributed by atoms with Crippen LogP contribution >= 0.6 is 11.8 Å². The Labute approximate surface area is 140 Å². The molecule has 1 atom stereocenters. The average Bonchev–Trinajstić information content (AvgIpc) is 2.96. The number of halogens is 1. The number of urea groups is 1. The average molecular weight is 338 g/mol. The Balaban J connectivity index is 1.55. The van der Waals surface area contributed by atoms with Crippen LogP contribution in [0.5, 0.6) is 0 Å². The third-order valence-electron chi connectivity index (χ3n) is 4.90. The van der Waals surface area contributed by atoms with Gasteiger partial charge in [0.05, 0.1) is 6.04 Å². The highest BCUT2D eigenvalue weighted by atomic mass is 32.2. The van der Waals surface area contributed by atoms with Gasteiger partial charge in [-0.3, -0.25) is 0 Å². The second-order valence-corrected chi connectivity index (χ2v) is 7.54. The minimum atomic E-state index is -0.249. The summed E-state index contributed by atoms with van der Waals surface area (Å²) in [6, 6.07) is 4.56. The van der Waals surface area contributed by atoms with Gasteiger partial charge in [0.1, 0.15) is 5.82 Å². The molecule has 1 saturated heterocycles. The van der Waals surface area contributed by atoms with Crippen molar-refractivity contribution in [3.8, 4) is 0 Å². The van der Waals surface area contributed by atoms with Gasteiger partial charge in [-0.2, -0.15) is 11.8 Å². The Bertz CT molecular complexity index is 576. The third-order valence-corrected chi connectivity index (χ3v) is 6.32. The largest absolute Gasteiger partial charge is 0.381 e. The molecule has 1 aromatic rings. The molecule has 1 aliphatic heterocycles. The maximum atomic E-state index is 13.4. The van der Waals surface area contributed by atoms with Crippen LogP contribution in [-0.2, 0) is 11.2 Å². The van der Waals surface area contributed by atoms with Gasteiger partial charge in [0.2, 0.25) is 0 Å². The first-order chi connectivity index (χ1) is 11.1. The van der Waals surface area contributed by atoms with Crippen molar-refractivity contribution in [3.05, 3.63) is 35.1 Å². The van der Waals surface area contributed by atoms with Crippen LogP contribution in [0.4, 0.5) is 9.18 Å². The first-order valence-corrected chi connectivity index (χ1v) is 9.30. The Morgan fingerprint density at radius 1 is 1.43 bits per heavy atom. The van der Waals surface area contributed by atoms with Crippen LogP contribution in [-0.4, -0.2) is 36.8 Å². The fourth-order valence-corrected chi connectivity index (χ4v) is 4.16. The summed E-state index contributed by atoms with van der Waals surface area (Å²) in [5.74, 6) is -0.249. The maximum absolute atomic E-state index is 13.4. The summed E-state index contributed by atoms with van der Waals surface area (Å²) in [5.41, 5.74) is 2.03. The molecule has 2 amide bonds. The predicted molar refractivity (Wildman–Crippen MR) is 90.3 cm³/mol. The Morgan fingerprint density at radius 2 is 2.22 bits per heavy atom. The van der Waals surface area contributed by atoms with E-state index >= 15 is 0 Å². The summed E-state index contributed by atoms with van der Waals surface area (Å²) >= 11 is 1.80. The number of thioether (sulfide) groups is 1. The minimum Gasteiger partial charge on any atom is -0.381 e. The molecule has 1 heterocycles. The first-order valence-electron chi connectivity index (χ1n) is 8.07. The highest BCUT2D eigenvalue weighted by Gasteiger charge is 2.32. The highest BCUT2D eigenvalue weighted by Crippen LogP contribution is 2.33. The lowest BCUT2D eigenvalue weighted by molar-refractivity contribution is 0.0777. The molecule has 1 fully saturated rings. The van der Waals surface area contributed by atoms with E-state index in [-0.39, 0.29) is 22.6 Å². The number of carbonyl (C=O) groups is 1. The lowest BCUT2D eigenvalue weighted by Crippen LogP contribution is -2.47. The standard InChI is InChI=1S/C17H23FN2O2S/c1-23-17(6-8-22-9-7-17)11-19-16(21)20-15-5-3-12-2-4-13(18)10-14(12)15/h2,4,10,15H,3,5-9,11H2,1H3,(H2,19,20,21)/t15-/m0/s1. The van der Waals surface area contributed by atoms with Crippen LogP contribution in [0, 0.1) is 5.82 Å². The molecule has 3 rings (SSSR count). The number of amides is 2. The molecule has 4 nitrogen and oxygen atoms in total. The Kier molecular flexibility index (Phi) is 5.11. The van der Waals surface area contributed by atoms with Gasteiger partial charge in [0.15, 0.2) is 0 Å². The summed E-state index contributed by atoms with van der Waals surface area (Å²) in [4.78, 5) is 12.2. The van der Waals surface area contributed by atoms with E-state index < -0.39 is 0 Å². The van der Waals surface area contributed by atoms with Crippen molar-refractivity contribution in [2.45, 2.75) is 36.5 Å². The lowest BCUT2D eigenvalue weighted by Gasteiger charge is -2.35. The molecule has 0 aromatic heterocycles. The van der Waals surface area contributed by atoms with Crippen LogP contribution in [0.2, 0.25) is 0 Å². The second-order valence-electron chi connectivity index (χ2n) is 6.26. The molecule has 0 radical (unpaired) electrons. The van der Waals surface area contributed by atoms with Crippen LogP contribution in [0.3, 0.4) is 0 Å². The van der Waals surface area contributed by atoms with Gasteiger partial charge in [0, 0.05) is 24.5 Å². The highest BCUT2D eigenvalue weighted by molar-refractivity contribution is 8.00. The number of benzene rings is 1. The van der Waals surface area contributed by atoms with Crippen molar-refractivity contribution in [3.63, 3.8) is 0 Å². The summed E-state index contributed by atoms with van der Waals surface area (Å²) in [6.07, 6.45) is 5.69. The summed E-state index contributed by atoms with van der Waals surface area (Å²) in [5, 5.41) is 5.98. The fourth-order valence-electron chi connectivity index (χ4n) is 3.37. The van der Waals surface area contributed by atoms with Crippen molar-refractivity contribution >= 4 is 17.8 Å². The number of fused-ring (bicyclic) bond motifs is 1. The number of hydrogen-bond donors (Lipinski definition) is 2. The Hall–Kier alpha value is -1.27. The van der Waals surface area contributed by atoms with Gasteiger partial charge in [-0.15, -0.1) is 0 Å². The first kappa shape index (κ1) is 16.6. The van der Waals surface area contributed by atoms with Gasteiger partial charge in [-0.25, -0.2) is 9.18 Å². The zero-order chi connectivity index (χ0) is 16.3. The molecule has 1 aromatic carbocycles. The number of carbonyl (C=O) groups excluding carboxylic acids is 1. The molecule has 2 aliphatic rings. The number of rotatable bonds is 4. The van der Waals surface area contributed by atoms with Crippen molar-refractivity contribution in [2.75, 3.05) is 26.0 Å². The van der Waals surface area contributed by atoms with Crippen molar-refractivity contribution in [1.82, 2.24) is 10.6 Å². The molecule has 6 heteroatoms. The quantitative estimate of drug-likeness (QED) is 0.887. The van der Waals surface area contributed by atoms with E-state index in [4.69, 9.17) is 4.74 Å². The zero-order valence-corrected chi connectivity index (χ0v) is 14.2. The maximum Gasteiger partial charge on any atom is 0.315 e. The molecule has 2 N–H and O–H groups in total. The van der Waals surface area contributed by atoms with E-state index in [1.807, 2.05) is 6.07 Å². The van der Waals surface area contributed by atoms with Gasteiger partial charge < -0.3 is 15.4 Å². The summed E-state index contributed by atoms with van der Waals surface area (Å²) < 4.78 is 18.9. The molecular weight excluding hydrogens is 315 g/mol. The molecule has 126 valence electrons. The van der Waals surface area contributed by atoms with E-state index in [2.05, 4.69) is 16.9 Å². The topological polar surface area (TPSA) is 50.4 Å². The SMILES string of the molecule is CSC1(CNC(=O)N[C@H]2CCc3ccc(F)cc32)CCOCC1. The van der Waals surface area contributed by atoms with Crippen LogP contribution in [0.1, 0.15) is 36.4 Å². The monoisotopic (exact) mass is 338 g/mol. The fraction of sp³-hybridized carbons (Fsp3) is 0.588. The van der Waals surface area contributed by atoms with Gasteiger partial charge >= 0.3 is 6.03 Å². The second kappa shape index (κ2) is 7.09. The Morgan fingerprint density at radius 3 is 2.96 bits per heavy atom. The molecule has 1 aliphatic carbocycles. The molecule has 0 spiro atoms. The van der Waals surface area contributed by atoms with Gasteiger partial charge in [-0.05, 0) is 55.2 Å². The van der Waals surface area contributed by atoms with E-state index in [0.717, 1.165) is 50.0 Å². The van der Waals surface area contributed by atoms with Crippen LogP contribution < -0.4 is 10.6 Å². The molecular formula is C17H23FN2O2S. The van der Waals surface area contributed by atoms with Crippen molar-refractivity contribution in [1.29, 1.82) is 0 Å². The number of hydrogen-bond acceptors (Lipinski definition) is 3. The normalized spacial score (nSPS) is 22.4. The van der Waals surface area contributed by atoms with E-state index in [1.165, 1.54) is 12.1 Å². The van der Waals surface area contributed by atoms with Gasteiger partial charge in [0.25, 0.3) is 0 Å². The van der Waals surface area contributed by atoms with Crippen molar-refractivity contribution in [2.24, 2.45) is 0 Å². The molecule has 0 bridgehead atoms. The van der Waals surface area contributed by atoms with E-state index in [9.17, 15) is 9.18 Å². The third kappa shape index (κ3) is 3.80. The predicted octanol–water partition coefficient (Wildman–Crippen LogP) is 3.02. The van der Waals surface area contributed by atoms with Gasteiger partial charge in [-0.1, -0.05) is 6.07 Å². The molecule has 23 heavy (non-hydrogen) atoms. The van der Waals surface area contributed by atoms with Crippen LogP contribution in [0.15, 0.2) is 18.2 Å². The number of aryl methyl sites for hydroxylation is 1. The van der Waals surface area contributed by atoms with Crippen molar-refractivity contribution < 1.29 is 13.9 Å². The summed E-state index contributed by atoms with van der Waals surface area (Å²) in [6.45, 7) is 2.13. The zero-order valence-electron chi connectivity index (χ0n) is 13.4. The van der Waals surface area contributed by atoms with E-state index in [0.29, 0.717) is 6.54 Å².